The Labute approximate surface area is 121 Å². The molecular weight excluding hydrogens is 252 g/mol. The quantitative estimate of drug-likeness (QED) is 0.894. The third kappa shape index (κ3) is 3.33. The van der Waals surface area contributed by atoms with Gasteiger partial charge in [0, 0.05) is 36.7 Å². The Morgan fingerprint density at radius 3 is 2.79 bits per heavy atom. The molecule has 0 aliphatic carbocycles. The molecular formula is C16H24N2S. The summed E-state index contributed by atoms with van der Waals surface area (Å²) in [7, 11) is 0. The fourth-order valence-electron chi connectivity index (χ4n) is 3.30. The molecule has 2 aliphatic rings. The van der Waals surface area contributed by atoms with E-state index in [9.17, 15) is 0 Å². The maximum Gasteiger partial charge on any atom is 0.0234 e. The standard InChI is InChI=1S/C16H24N2S/c1-12-9-18(10-13(2)19-12)11-14-3-4-15-5-6-17-8-16(15)7-14/h3-4,7,12-13,17H,5-6,8-11H2,1-2H3. The van der Waals surface area contributed by atoms with Gasteiger partial charge in [0.25, 0.3) is 0 Å². The fraction of sp³-hybridized carbons (Fsp3) is 0.625. The SMILES string of the molecule is CC1CN(Cc2ccc3c(c2)CNCC3)CC(C)S1. The van der Waals surface area contributed by atoms with E-state index in [0.717, 1.165) is 30.1 Å². The van der Waals surface area contributed by atoms with Gasteiger partial charge in [-0.3, -0.25) is 4.90 Å². The second kappa shape index (κ2) is 5.86. The Kier molecular flexibility index (Phi) is 4.15. The van der Waals surface area contributed by atoms with Gasteiger partial charge < -0.3 is 5.32 Å². The van der Waals surface area contributed by atoms with Crippen molar-refractivity contribution in [2.45, 2.75) is 43.9 Å². The molecule has 1 aromatic rings. The normalized spacial score (nSPS) is 28.1. The van der Waals surface area contributed by atoms with Gasteiger partial charge in [-0.05, 0) is 29.7 Å². The van der Waals surface area contributed by atoms with Crippen LogP contribution >= 0.6 is 11.8 Å². The zero-order valence-electron chi connectivity index (χ0n) is 12.0. The number of hydrogen-bond donors (Lipinski definition) is 1. The Bertz CT molecular complexity index is 436. The third-order valence-electron chi connectivity index (χ3n) is 4.06. The highest BCUT2D eigenvalue weighted by atomic mass is 32.2. The molecule has 2 unspecified atom stereocenters. The first-order valence-electron chi connectivity index (χ1n) is 7.40. The molecule has 0 spiro atoms. The van der Waals surface area contributed by atoms with Gasteiger partial charge in [0.15, 0.2) is 0 Å². The van der Waals surface area contributed by atoms with Crippen LogP contribution in [0.1, 0.15) is 30.5 Å². The van der Waals surface area contributed by atoms with E-state index in [0.29, 0.717) is 0 Å². The molecule has 0 saturated carbocycles. The van der Waals surface area contributed by atoms with Crippen molar-refractivity contribution in [1.82, 2.24) is 10.2 Å². The van der Waals surface area contributed by atoms with Crippen LogP contribution in [0.15, 0.2) is 18.2 Å². The lowest BCUT2D eigenvalue weighted by Crippen LogP contribution is -2.39. The van der Waals surface area contributed by atoms with Crippen LogP contribution in [0, 0.1) is 0 Å². The molecule has 3 heteroatoms. The van der Waals surface area contributed by atoms with Crippen molar-refractivity contribution < 1.29 is 0 Å². The number of nitrogens with zero attached hydrogens (tertiary/aromatic N) is 1. The van der Waals surface area contributed by atoms with Crippen molar-refractivity contribution in [3.63, 3.8) is 0 Å². The first-order valence-corrected chi connectivity index (χ1v) is 8.34. The third-order valence-corrected chi connectivity index (χ3v) is 5.29. The van der Waals surface area contributed by atoms with Crippen LogP contribution in [-0.2, 0) is 19.5 Å². The predicted molar refractivity (Wildman–Crippen MR) is 83.6 cm³/mol. The van der Waals surface area contributed by atoms with E-state index in [1.807, 2.05) is 0 Å². The largest absolute Gasteiger partial charge is 0.312 e. The molecule has 2 nitrogen and oxygen atoms in total. The average molecular weight is 276 g/mol. The molecule has 2 atom stereocenters. The van der Waals surface area contributed by atoms with E-state index in [2.05, 4.69) is 54.0 Å². The van der Waals surface area contributed by atoms with Crippen molar-refractivity contribution >= 4 is 11.8 Å². The number of fused-ring (bicyclic) bond motifs is 1. The smallest absolute Gasteiger partial charge is 0.0234 e. The molecule has 0 bridgehead atoms. The van der Waals surface area contributed by atoms with Gasteiger partial charge >= 0.3 is 0 Å². The average Bonchev–Trinajstić information content (AvgIpc) is 2.37. The Balaban J connectivity index is 1.69. The maximum atomic E-state index is 3.47. The molecule has 1 aromatic carbocycles. The molecule has 2 heterocycles. The van der Waals surface area contributed by atoms with Gasteiger partial charge in [0.1, 0.15) is 0 Å². The minimum absolute atomic E-state index is 0.767. The molecule has 104 valence electrons. The van der Waals surface area contributed by atoms with Crippen LogP contribution in [0.4, 0.5) is 0 Å². The van der Waals surface area contributed by atoms with Crippen molar-refractivity contribution in [3.8, 4) is 0 Å². The minimum Gasteiger partial charge on any atom is -0.312 e. The van der Waals surface area contributed by atoms with Crippen LogP contribution < -0.4 is 5.32 Å². The molecule has 0 aromatic heterocycles. The fourth-order valence-corrected chi connectivity index (χ4v) is 4.69. The van der Waals surface area contributed by atoms with Crippen molar-refractivity contribution in [2.75, 3.05) is 19.6 Å². The zero-order chi connectivity index (χ0) is 13.2. The first kappa shape index (κ1) is 13.5. The van der Waals surface area contributed by atoms with Crippen LogP contribution in [0.25, 0.3) is 0 Å². The second-order valence-corrected chi connectivity index (χ2v) is 7.86. The summed E-state index contributed by atoms with van der Waals surface area (Å²) in [6, 6.07) is 7.09. The van der Waals surface area contributed by atoms with E-state index in [1.165, 1.54) is 30.6 Å². The highest BCUT2D eigenvalue weighted by molar-refractivity contribution is 8.00. The number of nitrogens with one attached hydrogen (secondary N) is 1. The van der Waals surface area contributed by atoms with Gasteiger partial charge in [-0.25, -0.2) is 0 Å². The lowest BCUT2D eigenvalue weighted by atomic mass is 9.98. The van der Waals surface area contributed by atoms with E-state index in [1.54, 1.807) is 5.56 Å². The zero-order valence-corrected chi connectivity index (χ0v) is 12.8. The van der Waals surface area contributed by atoms with Crippen LogP contribution in [-0.4, -0.2) is 35.0 Å². The van der Waals surface area contributed by atoms with Crippen molar-refractivity contribution in [3.05, 3.63) is 34.9 Å². The Morgan fingerprint density at radius 1 is 1.21 bits per heavy atom. The van der Waals surface area contributed by atoms with Gasteiger partial charge in [0.2, 0.25) is 0 Å². The maximum absolute atomic E-state index is 3.47. The summed E-state index contributed by atoms with van der Waals surface area (Å²) in [5.41, 5.74) is 4.53. The summed E-state index contributed by atoms with van der Waals surface area (Å²) in [6.07, 6.45) is 1.18. The van der Waals surface area contributed by atoms with E-state index < -0.39 is 0 Å². The first-order chi connectivity index (χ1) is 9.20. The number of thioether (sulfide) groups is 1. The van der Waals surface area contributed by atoms with Crippen LogP contribution in [0.2, 0.25) is 0 Å². The Morgan fingerprint density at radius 2 is 2.00 bits per heavy atom. The summed E-state index contributed by atoms with van der Waals surface area (Å²) >= 11 is 2.13. The van der Waals surface area contributed by atoms with E-state index >= 15 is 0 Å². The summed E-state index contributed by atoms with van der Waals surface area (Å²) < 4.78 is 0. The van der Waals surface area contributed by atoms with Gasteiger partial charge in [-0.1, -0.05) is 32.0 Å². The lowest BCUT2D eigenvalue weighted by molar-refractivity contribution is 0.263. The topological polar surface area (TPSA) is 15.3 Å². The second-order valence-electron chi connectivity index (χ2n) is 5.98. The summed E-state index contributed by atoms with van der Waals surface area (Å²) in [4.78, 5) is 2.61. The lowest BCUT2D eigenvalue weighted by Gasteiger charge is -2.34. The molecule has 1 fully saturated rings. The monoisotopic (exact) mass is 276 g/mol. The predicted octanol–water partition coefficient (Wildman–Crippen LogP) is 2.66. The van der Waals surface area contributed by atoms with E-state index in [4.69, 9.17) is 0 Å². The van der Waals surface area contributed by atoms with Crippen LogP contribution in [0.5, 0.6) is 0 Å². The van der Waals surface area contributed by atoms with Gasteiger partial charge in [-0.15, -0.1) is 0 Å². The summed E-state index contributed by atoms with van der Waals surface area (Å²) in [5.74, 6) is 0. The highest BCUT2D eigenvalue weighted by Crippen LogP contribution is 2.26. The molecule has 1 saturated heterocycles. The molecule has 2 aliphatic heterocycles. The number of hydrogen-bond acceptors (Lipinski definition) is 3. The molecule has 1 N–H and O–H groups in total. The van der Waals surface area contributed by atoms with Crippen molar-refractivity contribution in [1.29, 1.82) is 0 Å². The molecule has 0 radical (unpaired) electrons. The molecule has 0 amide bonds. The summed E-state index contributed by atoms with van der Waals surface area (Å²) in [6.45, 7) is 10.4. The minimum atomic E-state index is 0.767. The van der Waals surface area contributed by atoms with Crippen LogP contribution in [0.3, 0.4) is 0 Å². The summed E-state index contributed by atoms with van der Waals surface area (Å²) in [5, 5.41) is 5.00. The highest BCUT2D eigenvalue weighted by Gasteiger charge is 2.22. The van der Waals surface area contributed by atoms with Gasteiger partial charge in [-0.2, -0.15) is 11.8 Å². The molecule has 3 rings (SSSR count). The van der Waals surface area contributed by atoms with E-state index in [-0.39, 0.29) is 0 Å². The Hall–Kier alpha value is -0.510. The molecule has 19 heavy (non-hydrogen) atoms. The van der Waals surface area contributed by atoms with Gasteiger partial charge in [0.05, 0.1) is 0 Å². The number of benzene rings is 1. The van der Waals surface area contributed by atoms with Crippen molar-refractivity contribution in [2.24, 2.45) is 0 Å². The number of rotatable bonds is 2.